The quantitative estimate of drug-likeness (QED) is 0.725. The molecular weight excluding hydrogens is 172 g/mol. The molecule has 2 fully saturated rings. The van der Waals surface area contributed by atoms with Gasteiger partial charge in [0.1, 0.15) is 0 Å². The van der Waals surface area contributed by atoms with E-state index in [9.17, 15) is 0 Å². The zero-order valence-corrected chi connectivity index (χ0v) is 9.30. The molecule has 2 heteroatoms. The molecule has 0 bridgehead atoms. The van der Waals surface area contributed by atoms with E-state index < -0.39 is 0 Å². The number of rotatable bonds is 2. The summed E-state index contributed by atoms with van der Waals surface area (Å²) >= 11 is 0. The van der Waals surface area contributed by atoms with Gasteiger partial charge in [0.05, 0.1) is 0 Å². The molecule has 2 aliphatic heterocycles. The van der Waals surface area contributed by atoms with E-state index in [1.165, 1.54) is 71.2 Å². The average molecular weight is 196 g/mol. The Balaban J connectivity index is 1.71. The Kier molecular flexibility index (Phi) is 4.26. The molecule has 0 aromatic carbocycles. The smallest absolute Gasteiger partial charge is 0.00106 e. The van der Waals surface area contributed by atoms with Crippen molar-refractivity contribution in [2.24, 2.45) is 5.92 Å². The normalized spacial score (nSPS) is 27.4. The minimum absolute atomic E-state index is 0.981. The highest BCUT2D eigenvalue weighted by molar-refractivity contribution is 4.73. The van der Waals surface area contributed by atoms with Crippen LogP contribution in [-0.4, -0.2) is 37.6 Å². The number of nitrogens with zero attached hydrogens (tertiary/aromatic N) is 1. The number of likely N-dealkylation sites (tertiary alicyclic amines) is 1. The Morgan fingerprint density at radius 2 is 1.57 bits per heavy atom. The minimum atomic E-state index is 0.981. The molecule has 0 aromatic rings. The number of piperidine rings is 1. The van der Waals surface area contributed by atoms with Gasteiger partial charge < -0.3 is 10.2 Å². The van der Waals surface area contributed by atoms with E-state index in [1.807, 2.05) is 0 Å². The summed E-state index contributed by atoms with van der Waals surface area (Å²) < 4.78 is 0. The first kappa shape index (κ1) is 10.4. The van der Waals surface area contributed by atoms with E-state index in [4.69, 9.17) is 0 Å². The zero-order chi connectivity index (χ0) is 9.64. The van der Waals surface area contributed by atoms with Gasteiger partial charge in [-0.2, -0.15) is 0 Å². The topological polar surface area (TPSA) is 15.3 Å². The Bertz CT molecular complexity index is 144. The molecule has 2 rings (SSSR count). The number of hydrogen-bond acceptors (Lipinski definition) is 2. The Hall–Kier alpha value is -0.0800. The Morgan fingerprint density at radius 3 is 2.21 bits per heavy atom. The third-order valence-electron chi connectivity index (χ3n) is 3.67. The van der Waals surface area contributed by atoms with Crippen LogP contribution in [0.25, 0.3) is 0 Å². The van der Waals surface area contributed by atoms with E-state index in [-0.39, 0.29) is 0 Å². The fraction of sp³-hybridized carbons (Fsp3) is 1.00. The van der Waals surface area contributed by atoms with E-state index in [2.05, 4.69) is 10.2 Å². The lowest BCUT2D eigenvalue weighted by molar-refractivity contribution is 0.212. The van der Waals surface area contributed by atoms with E-state index in [0.29, 0.717) is 0 Å². The molecule has 2 nitrogen and oxygen atoms in total. The van der Waals surface area contributed by atoms with Crippen LogP contribution < -0.4 is 5.32 Å². The first-order chi connectivity index (χ1) is 6.95. The molecular formula is C12H24N2. The molecule has 2 aliphatic rings. The van der Waals surface area contributed by atoms with Crippen LogP contribution in [0.5, 0.6) is 0 Å². The SMILES string of the molecule is C1CCCN(CC2CCNCC2)CC1. The third-order valence-corrected chi connectivity index (χ3v) is 3.67. The molecule has 0 saturated carbocycles. The van der Waals surface area contributed by atoms with Crippen LogP contribution in [-0.2, 0) is 0 Å². The van der Waals surface area contributed by atoms with Crippen molar-refractivity contribution < 1.29 is 0 Å². The van der Waals surface area contributed by atoms with Crippen molar-refractivity contribution in [3.63, 3.8) is 0 Å². The van der Waals surface area contributed by atoms with Crippen LogP contribution in [0.1, 0.15) is 38.5 Å². The Labute approximate surface area is 88.1 Å². The molecule has 14 heavy (non-hydrogen) atoms. The van der Waals surface area contributed by atoms with Crippen molar-refractivity contribution in [2.75, 3.05) is 32.7 Å². The standard InChI is InChI=1S/C12H24N2/c1-2-4-10-14(9-3-1)11-12-5-7-13-8-6-12/h12-13H,1-11H2. The van der Waals surface area contributed by atoms with Crippen molar-refractivity contribution in [1.29, 1.82) is 0 Å². The first-order valence-electron chi connectivity index (χ1n) is 6.38. The minimum Gasteiger partial charge on any atom is -0.317 e. The monoisotopic (exact) mass is 196 g/mol. The van der Waals surface area contributed by atoms with Gasteiger partial charge in [0, 0.05) is 6.54 Å². The van der Waals surface area contributed by atoms with Crippen LogP contribution in [0.15, 0.2) is 0 Å². The summed E-state index contributed by atoms with van der Waals surface area (Å²) in [7, 11) is 0. The Morgan fingerprint density at radius 1 is 0.929 bits per heavy atom. The van der Waals surface area contributed by atoms with E-state index in [0.717, 1.165) is 5.92 Å². The molecule has 2 saturated heterocycles. The van der Waals surface area contributed by atoms with Gasteiger partial charge in [-0.05, 0) is 57.8 Å². The molecule has 0 radical (unpaired) electrons. The summed E-state index contributed by atoms with van der Waals surface area (Å²) in [5.41, 5.74) is 0. The van der Waals surface area contributed by atoms with E-state index in [1.54, 1.807) is 0 Å². The highest BCUT2D eigenvalue weighted by Crippen LogP contribution is 2.16. The molecule has 0 unspecified atom stereocenters. The van der Waals surface area contributed by atoms with Crippen molar-refractivity contribution in [3.8, 4) is 0 Å². The predicted octanol–water partition coefficient (Wildman–Crippen LogP) is 1.86. The summed E-state index contributed by atoms with van der Waals surface area (Å²) in [6.07, 6.45) is 8.59. The molecule has 82 valence electrons. The van der Waals surface area contributed by atoms with Crippen molar-refractivity contribution in [3.05, 3.63) is 0 Å². The summed E-state index contributed by atoms with van der Waals surface area (Å²) in [6, 6.07) is 0. The highest BCUT2D eigenvalue weighted by Gasteiger charge is 2.17. The number of nitrogens with one attached hydrogen (secondary N) is 1. The lowest BCUT2D eigenvalue weighted by Crippen LogP contribution is -2.36. The van der Waals surface area contributed by atoms with Gasteiger partial charge in [-0.15, -0.1) is 0 Å². The summed E-state index contributed by atoms with van der Waals surface area (Å²) in [5.74, 6) is 0.981. The van der Waals surface area contributed by atoms with Crippen molar-refractivity contribution in [1.82, 2.24) is 10.2 Å². The fourth-order valence-corrected chi connectivity index (χ4v) is 2.75. The predicted molar refractivity (Wildman–Crippen MR) is 60.5 cm³/mol. The largest absolute Gasteiger partial charge is 0.317 e. The third kappa shape index (κ3) is 3.25. The van der Waals surface area contributed by atoms with E-state index >= 15 is 0 Å². The van der Waals surface area contributed by atoms with Crippen LogP contribution in [0.2, 0.25) is 0 Å². The second-order valence-electron chi connectivity index (χ2n) is 4.91. The molecule has 1 N–H and O–H groups in total. The van der Waals surface area contributed by atoms with Crippen molar-refractivity contribution >= 4 is 0 Å². The average Bonchev–Trinajstić information content (AvgIpc) is 2.48. The van der Waals surface area contributed by atoms with Gasteiger partial charge in [0.2, 0.25) is 0 Å². The lowest BCUT2D eigenvalue weighted by Gasteiger charge is -2.29. The van der Waals surface area contributed by atoms with Crippen LogP contribution in [0.3, 0.4) is 0 Å². The lowest BCUT2D eigenvalue weighted by atomic mass is 9.97. The van der Waals surface area contributed by atoms with Gasteiger partial charge in [-0.3, -0.25) is 0 Å². The van der Waals surface area contributed by atoms with Gasteiger partial charge in [0.15, 0.2) is 0 Å². The second kappa shape index (κ2) is 5.72. The van der Waals surface area contributed by atoms with Crippen LogP contribution in [0, 0.1) is 5.92 Å². The molecule has 0 aromatic heterocycles. The molecule has 0 atom stereocenters. The fourth-order valence-electron chi connectivity index (χ4n) is 2.75. The first-order valence-corrected chi connectivity index (χ1v) is 6.38. The molecule has 0 aliphatic carbocycles. The zero-order valence-electron chi connectivity index (χ0n) is 9.30. The summed E-state index contributed by atoms with van der Waals surface area (Å²) in [4.78, 5) is 2.71. The maximum atomic E-state index is 3.45. The second-order valence-corrected chi connectivity index (χ2v) is 4.91. The maximum Gasteiger partial charge on any atom is 0.00106 e. The molecule has 2 heterocycles. The van der Waals surface area contributed by atoms with Gasteiger partial charge >= 0.3 is 0 Å². The van der Waals surface area contributed by atoms with Crippen LogP contribution >= 0.6 is 0 Å². The molecule has 0 amide bonds. The molecule has 0 spiro atoms. The number of hydrogen-bond donors (Lipinski definition) is 1. The van der Waals surface area contributed by atoms with Gasteiger partial charge in [-0.25, -0.2) is 0 Å². The maximum absolute atomic E-state index is 3.45. The van der Waals surface area contributed by atoms with Gasteiger partial charge in [0.25, 0.3) is 0 Å². The summed E-state index contributed by atoms with van der Waals surface area (Å²) in [6.45, 7) is 6.60. The van der Waals surface area contributed by atoms with Crippen molar-refractivity contribution in [2.45, 2.75) is 38.5 Å². The van der Waals surface area contributed by atoms with Gasteiger partial charge in [-0.1, -0.05) is 12.8 Å². The summed E-state index contributed by atoms with van der Waals surface area (Å²) in [5, 5.41) is 3.45. The van der Waals surface area contributed by atoms with Crippen LogP contribution in [0.4, 0.5) is 0 Å². The highest BCUT2D eigenvalue weighted by atomic mass is 15.1.